The third-order valence-electron chi connectivity index (χ3n) is 5.61. The Labute approximate surface area is 202 Å². The molecule has 5 rings (SSSR count). The number of ether oxygens (including phenoxy) is 1. The van der Waals surface area contributed by atoms with Gasteiger partial charge >= 0.3 is 0 Å². The van der Waals surface area contributed by atoms with Gasteiger partial charge in [-0.3, -0.25) is 4.79 Å². The van der Waals surface area contributed by atoms with Crippen LogP contribution in [-0.2, 0) is 4.79 Å². The van der Waals surface area contributed by atoms with E-state index in [0.29, 0.717) is 11.4 Å². The van der Waals surface area contributed by atoms with E-state index in [0.717, 1.165) is 44.7 Å². The van der Waals surface area contributed by atoms with Crippen molar-refractivity contribution in [3.8, 4) is 33.8 Å². The third kappa shape index (κ3) is 4.58. The average Bonchev–Trinajstić information content (AvgIpc) is 2.90. The van der Waals surface area contributed by atoms with Crippen molar-refractivity contribution in [1.82, 2.24) is 9.97 Å². The van der Waals surface area contributed by atoms with Crippen LogP contribution in [0.15, 0.2) is 110 Å². The second kappa shape index (κ2) is 9.49. The van der Waals surface area contributed by atoms with Gasteiger partial charge in [-0.25, -0.2) is 9.97 Å². The Morgan fingerprint density at radius 3 is 2.43 bits per heavy atom. The lowest BCUT2D eigenvalue weighted by molar-refractivity contribution is -0.111. The number of amides is 1. The van der Waals surface area contributed by atoms with Crippen molar-refractivity contribution in [3.63, 3.8) is 0 Å². The number of nitrogen functional groups attached to an aromatic ring is 1. The summed E-state index contributed by atoms with van der Waals surface area (Å²) in [6.45, 7) is 3.51. The highest BCUT2D eigenvalue weighted by atomic mass is 16.5. The SMILES string of the molecule is C=CC(=O)Nc1cccc(-c2cc(-c3ccc(Oc4ccccc4)cc3)c(N)c3cncnc23)c1. The van der Waals surface area contributed by atoms with Crippen LogP contribution in [0.2, 0.25) is 0 Å². The standard InChI is InChI=1S/C29H22N4O2/c1-2-27(34)33-21-8-6-7-20(15-21)25-16-24(28(30)26-17-31-18-32-29(25)26)19-11-13-23(14-12-19)35-22-9-4-3-5-10-22/h2-18H,1,30H2,(H,33,34). The number of benzene rings is 4. The molecular weight excluding hydrogens is 436 g/mol. The molecule has 0 aliphatic carbocycles. The zero-order valence-electron chi connectivity index (χ0n) is 18.8. The quantitative estimate of drug-likeness (QED) is 0.225. The molecule has 0 bridgehead atoms. The number of anilines is 2. The largest absolute Gasteiger partial charge is 0.457 e. The minimum absolute atomic E-state index is 0.273. The number of rotatable bonds is 6. The van der Waals surface area contributed by atoms with Gasteiger partial charge < -0.3 is 15.8 Å². The highest BCUT2D eigenvalue weighted by Gasteiger charge is 2.15. The number of hydrogen-bond donors (Lipinski definition) is 2. The lowest BCUT2D eigenvalue weighted by atomic mass is 9.94. The molecule has 0 radical (unpaired) electrons. The number of carbonyl (C=O) groups excluding carboxylic acids is 1. The summed E-state index contributed by atoms with van der Waals surface area (Å²) in [5.41, 5.74) is 12.1. The summed E-state index contributed by atoms with van der Waals surface area (Å²) in [6, 6.07) is 27.0. The Bertz CT molecular complexity index is 1530. The van der Waals surface area contributed by atoms with Gasteiger partial charge in [0.15, 0.2) is 0 Å². The lowest BCUT2D eigenvalue weighted by Crippen LogP contribution is -2.07. The predicted molar refractivity (Wildman–Crippen MR) is 140 cm³/mol. The number of hydrogen-bond acceptors (Lipinski definition) is 5. The molecule has 0 spiro atoms. The van der Waals surface area contributed by atoms with E-state index in [1.807, 2.05) is 84.9 Å². The van der Waals surface area contributed by atoms with Crippen molar-refractivity contribution in [3.05, 3.63) is 110 Å². The molecule has 1 heterocycles. The molecule has 0 unspecified atom stereocenters. The summed E-state index contributed by atoms with van der Waals surface area (Å²) in [7, 11) is 0. The van der Waals surface area contributed by atoms with Crippen molar-refractivity contribution in [1.29, 1.82) is 0 Å². The van der Waals surface area contributed by atoms with Crippen molar-refractivity contribution in [2.75, 3.05) is 11.1 Å². The summed E-state index contributed by atoms with van der Waals surface area (Å²) >= 11 is 0. The molecule has 5 aromatic rings. The molecule has 0 aliphatic heterocycles. The van der Waals surface area contributed by atoms with Crippen LogP contribution in [0, 0.1) is 0 Å². The van der Waals surface area contributed by atoms with Crippen LogP contribution < -0.4 is 15.8 Å². The van der Waals surface area contributed by atoms with E-state index in [1.54, 1.807) is 6.20 Å². The second-order valence-electron chi connectivity index (χ2n) is 7.88. The number of nitrogens with one attached hydrogen (secondary N) is 1. The molecule has 1 amide bonds. The highest BCUT2D eigenvalue weighted by molar-refractivity contribution is 6.06. The first-order valence-electron chi connectivity index (χ1n) is 11.0. The van der Waals surface area contributed by atoms with Crippen LogP contribution in [-0.4, -0.2) is 15.9 Å². The summed E-state index contributed by atoms with van der Waals surface area (Å²) in [5.74, 6) is 1.23. The van der Waals surface area contributed by atoms with E-state index < -0.39 is 0 Å². The van der Waals surface area contributed by atoms with Crippen molar-refractivity contribution in [2.45, 2.75) is 0 Å². The molecule has 0 saturated heterocycles. The minimum atomic E-state index is -0.273. The number of carbonyl (C=O) groups is 1. The van der Waals surface area contributed by atoms with Crippen molar-refractivity contribution < 1.29 is 9.53 Å². The van der Waals surface area contributed by atoms with E-state index in [-0.39, 0.29) is 5.91 Å². The van der Waals surface area contributed by atoms with Crippen LogP contribution in [0.3, 0.4) is 0 Å². The van der Waals surface area contributed by atoms with Gasteiger partial charge in [0.05, 0.1) is 11.2 Å². The Balaban J connectivity index is 1.58. The maximum Gasteiger partial charge on any atom is 0.247 e. The van der Waals surface area contributed by atoms with Crippen LogP contribution >= 0.6 is 0 Å². The van der Waals surface area contributed by atoms with Gasteiger partial charge in [-0.1, -0.05) is 49.0 Å². The summed E-state index contributed by atoms with van der Waals surface area (Å²) in [6.07, 6.45) is 4.46. The molecule has 6 heteroatoms. The smallest absolute Gasteiger partial charge is 0.247 e. The average molecular weight is 459 g/mol. The number of fused-ring (bicyclic) bond motifs is 1. The topological polar surface area (TPSA) is 90.1 Å². The Morgan fingerprint density at radius 2 is 1.66 bits per heavy atom. The van der Waals surface area contributed by atoms with E-state index in [1.165, 1.54) is 12.4 Å². The molecule has 0 fully saturated rings. The number of nitrogens with two attached hydrogens (primary N) is 1. The summed E-state index contributed by atoms with van der Waals surface area (Å²) in [5, 5.41) is 3.56. The molecule has 1 aromatic heterocycles. The maximum atomic E-state index is 11.8. The zero-order chi connectivity index (χ0) is 24.2. The predicted octanol–water partition coefficient (Wildman–Crippen LogP) is 6.46. The van der Waals surface area contributed by atoms with Gasteiger partial charge in [0.2, 0.25) is 5.91 Å². The maximum absolute atomic E-state index is 11.8. The first kappa shape index (κ1) is 21.9. The summed E-state index contributed by atoms with van der Waals surface area (Å²) < 4.78 is 5.92. The highest BCUT2D eigenvalue weighted by Crippen LogP contribution is 2.39. The fraction of sp³-hybridized carbons (Fsp3) is 0. The van der Waals surface area contributed by atoms with Gasteiger partial charge in [-0.2, -0.15) is 0 Å². The first-order chi connectivity index (χ1) is 17.1. The van der Waals surface area contributed by atoms with Crippen LogP contribution in [0.1, 0.15) is 0 Å². The molecular formula is C29H22N4O2. The fourth-order valence-electron chi connectivity index (χ4n) is 3.92. The van der Waals surface area contributed by atoms with Gasteiger partial charge in [0.25, 0.3) is 0 Å². The Kier molecular flexibility index (Phi) is 5.92. The normalized spacial score (nSPS) is 10.6. The Hall–Kier alpha value is -4.97. The molecule has 0 atom stereocenters. The van der Waals surface area contributed by atoms with Crippen molar-refractivity contribution in [2.24, 2.45) is 0 Å². The minimum Gasteiger partial charge on any atom is -0.457 e. The molecule has 6 nitrogen and oxygen atoms in total. The Morgan fingerprint density at radius 1 is 0.886 bits per heavy atom. The second-order valence-corrected chi connectivity index (χ2v) is 7.88. The number of nitrogens with zero attached hydrogens (tertiary/aromatic N) is 2. The monoisotopic (exact) mass is 458 g/mol. The molecule has 170 valence electrons. The molecule has 3 N–H and O–H groups in total. The van der Waals surface area contributed by atoms with E-state index in [2.05, 4.69) is 21.9 Å². The van der Waals surface area contributed by atoms with E-state index in [4.69, 9.17) is 10.5 Å². The number of aromatic nitrogens is 2. The van der Waals surface area contributed by atoms with Gasteiger partial charge in [-0.15, -0.1) is 0 Å². The number of para-hydroxylation sites is 1. The molecule has 0 saturated carbocycles. The lowest BCUT2D eigenvalue weighted by Gasteiger charge is -2.15. The first-order valence-corrected chi connectivity index (χ1v) is 11.0. The fourth-order valence-corrected chi connectivity index (χ4v) is 3.92. The van der Waals surface area contributed by atoms with Gasteiger partial charge in [0, 0.05) is 28.4 Å². The van der Waals surface area contributed by atoms with Crippen LogP contribution in [0.25, 0.3) is 33.2 Å². The van der Waals surface area contributed by atoms with E-state index >= 15 is 0 Å². The van der Waals surface area contributed by atoms with Gasteiger partial charge in [0.1, 0.15) is 17.8 Å². The molecule has 35 heavy (non-hydrogen) atoms. The summed E-state index contributed by atoms with van der Waals surface area (Å²) in [4.78, 5) is 20.5. The van der Waals surface area contributed by atoms with Gasteiger partial charge in [-0.05, 0) is 59.7 Å². The van der Waals surface area contributed by atoms with Crippen molar-refractivity contribution >= 4 is 28.2 Å². The molecule has 4 aromatic carbocycles. The zero-order valence-corrected chi connectivity index (χ0v) is 18.8. The van der Waals surface area contributed by atoms with Crippen LogP contribution in [0.4, 0.5) is 11.4 Å². The molecule has 0 aliphatic rings. The van der Waals surface area contributed by atoms with E-state index in [9.17, 15) is 4.79 Å². The van der Waals surface area contributed by atoms with Crippen LogP contribution in [0.5, 0.6) is 11.5 Å². The third-order valence-corrected chi connectivity index (χ3v) is 5.61.